The van der Waals surface area contributed by atoms with Gasteiger partial charge in [0.1, 0.15) is 5.69 Å². The van der Waals surface area contributed by atoms with E-state index in [4.69, 9.17) is 4.74 Å². The number of piperidine rings is 1. The van der Waals surface area contributed by atoms with Gasteiger partial charge in [0, 0.05) is 32.9 Å². The van der Waals surface area contributed by atoms with Gasteiger partial charge in [-0.3, -0.25) is 4.79 Å². The number of aromatic nitrogens is 1. The van der Waals surface area contributed by atoms with Crippen LogP contribution in [0.5, 0.6) is 0 Å². The third kappa shape index (κ3) is 2.56. The quantitative estimate of drug-likeness (QED) is 0.854. The molecule has 3 amide bonds. The molecular formula is C15H22N4O3. The maximum absolute atomic E-state index is 12.6. The van der Waals surface area contributed by atoms with Crippen LogP contribution in [0.25, 0.3) is 0 Å². The van der Waals surface area contributed by atoms with Crippen molar-refractivity contribution in [3.63, 3.8) is 0 Å². The number of amides is 3. The summed E-state index contributed by atoms with van der Waals surface area (Å²) in [5.41, 5.74) is 1.59. The number of aryl methyl sites for hydroxylation is 1. The number of hydrogen-bond donors (Lipinski definition) is 2. The van der Waals surface area contributed by atoms with Crippen LogP contribution in [0.4, 0.5) is 4.79 Å². The molecule has 1 aromatic rings. The van der Waals surface area contributed by atoms with Crippen LogP contribution >= 0.6 is 0 Å². The van der Waals surface area contributed by atoms with Gasteiger partial charge >= 0.3 is 6.03 Å². The minimum Gasteiger partial charge on any atom is -0.383 e. The molecule has 120 valence electrons. The number of urea groups is 1. The third-order valence-electron chi connectivity index (χ3n) is 4.54. The molecule has 0 unspecified atom stereocenters. The number of carbonyl (C=O) groups excluding carboxylic acids is 2. The van der Waals surface area contributed by atoms with Crippen molar-refractivity contribution >= 4 is 11.9 Å². The topological polar surface area (TPSA) is 77.7 Å². The average molecular weight is 306 g/mol. The smallest absolute Gasteiger partial charge is 0.318 e. The Morgan fingerprint density at radius 2 is 2.32 bits per heavy atom. The fourth-order valence-corrected chi connectivity index (χ4v) is 3.32. The van der Waals surface area contributed by atoms with E-state index in [1.54, 1.807) is 13.3 Å². The van der Waals surface area contributed by atoms with Gasteiger partial charge in [0.25, 0.3) is 5.91 Å². The molecule has 0 aliphatic carbocycles. The van der Waals surface area contributed by atoms with Gasteiger partial charge in [0.2, 0.25) is 0 Å². The summed E-state index contributed by atoms with van der Waals surface area (Å²) in [5, 5.41) is 2.99. The maximum Gasteiger partial charge on any atom is 0.318 e. The Morgan fingerprint density at radius 3 is 3.00 bits per heavy atom. The van der Waals surface area contributed by atoms with Gasteiger partial charge in [0.15, 0.2) is 0 Å². The van der Waals surface area contributed by atoms with Gasteiger partial charge < -0.3 is 24.8 Å². The molecule has 2 saturated heterocycles. The first-order valence-corrected chi connectivity index (χ1v) is 7.61. The summed E-state index contributed by atoms with van der Waals surface area (Å²) in [5.74, 6) is 0.00513. The molecule has 1 aromatic heterocycles. The van der Waals surface area contributed by atoms with Gasteiger partial charge in [-0.2, -0.15) is 0 Å². The van der Waals surface area contributed by atoms with Crippen LogP contribution in [0.2, 0.25) is 0 Å². The lowest BCUT2D eigenvalue weighted by Gasteiger charge is -2.36. The van der Waals surface area contributed by atoms with Crippen LogP contribution in [-0.4, -0.2) is 72.2 Å². The Hall–Kier alpha value is -2.02. The van der Waals surface area contributed by atoms with Crippen LogP contribution < -0.4 is 5.32 Å². The van der Waals surface area contributed by atoms with Crippen LogP contribution in [0, 0.1) is 6.92 Å². The Kier molecular flexibility index (Phi) is 4.06. The summed E-state index contributed by atoms with van der Waals surface area (Å²) in [6.45, 7) is 4.25. The zero-order chi connectivity index (χ0) is 15.7. The molecule has 0 saturated carbocycles. The van der Waals surface area contributed by atoms with E-state index in [9.17, 15) is 9.59 Å². The molecular weight excluding hydrogens is 284 g/mol. The Morgan fingerprint density at radius 1 is 1.50 bits per heavy atom. The minimum absolute atomic E-state index is 0.00248. The number of nitrogens with one attached hydrogen (secondary N) is 2. The fraction of sp³-hybridized carbons (Fsp3) is 0.600. The van der Waals surface area contributed by atoms with Crippen LogP contribution in [0.1, 0.15) is 22.5 Å². The highest BCUT2D eigenvalue weighted by Crippen LogP contribution is 2.24. The van der Waals surface area contributed by atoms with Crippen molar-refractivity contribution < 1.29 is 14.3 Å². The average Bonchev–Trinajstić information content (AvgIpc) is 3.06. The van der Waals surface area contributed by atoms with Crippen molar-refractivity contribution in [2.24, 2.45) is 0 Å². The Labute approximate surface area is 129 Å². The lowest BCUT2D eigenvalue weighted by atomic mass is 9.99. The number of aromatic amines is 1. The Bertz CT molecular complexity index is 571. The number of fused-ring (bicyclic) bond motifs is 1. The van der Waals surface area contributed by atoms with Crippen molar-refractivity contribution in [1.29, 1.82) is 0 Å². The lowest BCUT2D eigenvalue weighted by molar-refractivity contribution is 0.0636. The molecule has 2 fully saturated rings. The summed E-state index contributed by atoms with van der Waals surface area (Å²) in [6.07, 6.45) is 2.57. The predicted octanol–water partition coefficient (Wildman–Crippen LogP) is 0.578. The third-order valence-corrected chi connectivity index (χ3v) is 4.54. The van der Waals surface area contributed by atoms with E-state index in [0.717, 1.165) is 12.0 Å². The SMILES string of the molecule is COCCN1C(=O)N[C@@H]2CN(C(=O)c3[nH]ccc3C)CC[C@@H]21. The van der Waals surface area contributed by atoms with Crippen LogP contribution in [0.15, 0.2) is 12.3 Å². The standard InChI is InChI=1S/C15H22N4O3/c1-10-3-5-16-13(10)14(20)18-6-4-12-11(9-18)17-15(21)19(12)7-8-22-2/h3,5,11-12,16H,4,6-9H2,1-2H3,(H,17,21)/t11-,12+/m1/s1. The van der Waals surface area contributed by atoms with Crippen LogP contribution in [-0.2, 0) is 4.74 Å². The van der Waals surface area contributed by atoms with Gasteiger partial charge in [-0.25, -0.2) is 4.79 Å². The molecule has 0 spiro atoms. The first-order valence-electron chi connectivity index (χ1n) is 7.61. The number of ether oxygens (including phenoxy) is 1. The molecule has 0 radical (unpaired) electrons. The normalized spacial score (nSPS) is 24.4. The summed E-state index contributed by atoms with van der Waals surface area (Å²) in [6, 6.07) is 1.98. The number of rotatable bonds is 4. The van der Waals surface area contributed by atoms with Crippen molar-refractivity contribution in [2.75, 3.05) is 33.4 Å². The summed E-state index contributed by atoms with van der Waals surface area (Å²) < 4.78 is 5.06. The van der Waals surface area contributed by atoms with Gasteiger partial charge in [0.05, 0.1) is 18.7 Å². The van der Waals surface area contributed by atoms with Gasteiger partial charge in [-0.1, -0.05) is 0 Å². The second-order valence-corrected chi connectivity index (χ2v) is 5.89. The van der Waals surface area contributed by atoms with E-state index < -0.39 is 0 Å². The largest absolute Gasteiger partial charge is 0.383 e. The number of nitrogens with zero attached hydrogens (tertiary/aromatic N) is 2. The number of methoxy groups -OCH3 is 1. The van der Waals surface area contributed by atoms with Crippen molar-refractivity contribution in [2.45, 2.75) is 25.4 Å². The number of carbonyl (C=O) groups is 2. The molecule has 7 nitrogen and oxygen atoms in total. The van der Waals surface area contributed by atoms with Gasteiger partial charge in [-0.05, 0) is 25.0 Å². The second kappa shape index (κ2) is 6.00. The van der Waals surface area contributed by atoms with Crippen molar-refractivity contribution in [3.8, 4) is 0 Å². The monoisotopic (exact) mass is 306 g/mol. The highest BCUT2D eigenvalue weighted by Gasteiger charge is 2.43. The van der Waals surface area contributed by atoms with E-state index >= 15 is 0 Å². The molecule has 2 atom stereocenters. The maximum atomic E-state index is 12.6. The van der Waals surface area contributed by atoms with E-state index in [1.807, 2.05) is 22.8 Å². The molecule has 2 N–H and O–H groups in total. The molecule has 2 aliphatic heterocycles. The minimum atomic E-state index is -0.0580. The lowest BCUT2D eigenvalue weighted by Crippen LogP contribution is -2.53. The highest BCUT2D eigenvalue weighted by atomic mass is 16.5. The number of H-pyrrole nitrogens is 1. The zero-order valence-corrected chi connectivity index (χ0v) is 13.0. The molecule has 2 aliphatic rings. The van der Waals surface area contributed by atoms with E-state index in [-0.39, 0.29) is 24.0 Å². The molecule has 0 bridgehead atoms. The molecule has 3 rings (SSSR count). The molecule has 3 heterocycles. The van der Waals surface area contributed by atoms with E-state index in [2.05, 4.69) is 10.3 Å². The summed E-state index contributed by atoms with van der Waals surface area (Å²) in [7, 11) is 1.63. The summed E-state index contributed by atoms with van der Waals surface area (Å²) in [4.78, 5) is 31.3. The van der Waals surface area contributed by atoms with E-state index in [1.165, 1.54) is 0 Å². The van der Waals surface area contributed by atoms with Crippen molar-refractivity contribution in [3.05, 3.63) is 23.5 Å². The fourth-order valence-electron chi connectivity index (χ4n) is 3.32. The van der Waals surface area contributed by atoms with Gasteiger partial charge in [-0.15, -0.1) is 0 Å². The highest BCUT2D eigenvalue weighted by molar-refractivity contribution is 5.94. The molecule has 7 heteroatoms. The summed E-state index contributed by atoms with van der Waals surface area (Å²) >= 11 is 0. The Balaban J connectivity index is 1.67. The van der Waals surface area contributed by atoms with Crippen LogP contribution in [0.3, 0.4) is 0 Å². The zero-order valence-electron chi connectivity index (χ0n) is 13.0. The van der Waals surface area contributed by atoms with Crippen molar-refractivity contribution in [1.82, 2.24) is 20.1 Å². The first-order chi connectivity index (χ1) is 10.6. The van der Waals surface area contributed by atoms with E-state index in [0.29, 0.717) is 31.9 Å². The number of likely N-dealkylation sites (tertiary alicyclic amines) is 1. The molecule has 0 aromatic carbocycles. The molecule has 22 heavy (non-hydrogen) atoms. The second-order valence-electron chi connectivity index (χ2n) is 5.89. The predicted molar refractivity (Wildman–Crippen MR) is 80.7 cm³/mol. The first kappa shape index (κ1) is 14.9. The number of hydrogen-bond acceptors (Lipinski definition) is 3.